The fraction of sp³-hybridized carbons (Fsp3) is 0.500. The van der Waals surface area contributed by atoms with Crippen LogP contribution >= 0.6 is 11.8 Å². The molecule has 0 aliphatic carbocycles. The molecule has 0 aliphatic heterocycles. The van der Waals surface area contributed by atoms with Crippen LogP contribution in [0.25, 0.3) is 0 Å². The predicted octanol–water partition coefficient (Wildman–Crippen LogP) is 3.57. The van der Waals surface area contributed by atoms with Crippen LogP contribution in [0.5, 0.6) is 0 Å². The van der Waals surface area contributed by atoms with Gasteiger partial charge in [-0.2, -0.15) is 24.9 Å². The Labute approximate surface area is 103 Å². The normalized spacial score (nSPS) is 13.7. The highest BCUT2D eigenvalue weighted by Gasteiger charge is 2.29. The van der Waals surface area contributed by atoms with Gasteiger partial charge in [0.25, 0.3) is 0 Å². The first-order valence-corrected chi connectivity index (χ1v) is 6.43. The van der Waals surface area contributed by atoms with Gasteiger partial charge in [-0.05, 0) is 29.4 Å². The van der Waals surface area contributed by atoms with Crippen LogP contribution in [0.1, 0.15) is 18.1 Å². The zero-order valence-electron chi connectivity index (χ0n) is 9.50. The quantitative estimate of drug-likeness (QED) is 0.877. The molecule has 0 spiro atoms. The maximum atomic E-state index is 12.3. The molecule has 1 rings (SSSR count). The summed E-state index contributed by atoms with van der Waals surface area (Å²) in [6.07, 6.45) is -4.27. The number of aliphatic hydroxyl groups excluding tert-OH is 1. The van der Waals surface area contributed by atoms with Crippen molar-refractivity contribution in [2.75, 3.05) is 12.4 Å². The van der Waals surface area contributed by atoms with Crippen LogP contribution in [0.2, 0.25) is 0 Å². The van der Waals surface area contributed by atoms with E-state index in [0.29, 0.717) is 5.75 Å². The summed E-state index contributed by atoms with van der Waals surface area (Å²) in [5, 5.41) is 8.82. The van der Waals surface area contributed by atoms with E-state index in [1.54, 1.807) is 11.8 Å². The molecule has 0 bridgehead atoms. The molecule has 1 N–H and O–H groups in total. The third kappa shape index (κ3) is 5.00. The Hall–Kier alpha value is -0.680. The van der Waals surface area contributed by atoms with Crippen LogP contribution in [0.3, 0.4) is 0 Å². The van der Waals surface area contributed by atoms with Gasteiger partial charge in [0.2, 0.25) is 0 Å². The molecule has 1 atom stereocenters. The molecule has 1 nitrogen and oxygen atoms in total. The molecule has 1 aromatic rings. The number of aliphatic hydroxyl groups is 1. The van der Waals surface area contributed by atoms with Crippen LogP contribution < -0.4 is 0 Å². The maximum Gasteiger partial charge on any atom is 0.416 e. The minimum absolute atomic E-state index is 0.139. The second kappa shape index (κ2) is 6.31. The topological polar surface area (TPSA) is 20.2 Å². The first-order chi connectivity index (χ1) is 7.93. The number of halogens is 3. The highest BCUT2D eigenvalue weighted by molar-refractivity contribution is 7.98. The van der Waals surface area contributed by atoms with Crippen LogP contribution in [-0.4, -0.2) is 17.5 Å². The Bertz CT molecular complexity index is 335. The summed E-state index contributed by atoms with van der Waals surface area (Å²) < 4.78 is 36.9. The van der Waals surface area contributed by atoms with Gasteiger partial charge >= 0.3 is 6.18 Å². The average molecular weight is 264 g/mol. The molecule has 0 radical (unpaired) electrons. The van der Waals surface area contributed by atoms with Crippen LogP contribution in [-0.2, 0) is 11.9 Å². The third-order valence-corrected chi connectivity index (χ3v) is 3.61. The molecule has 5 heteroatoms. The highest BCUT2D eigenvalue weighted by Crippen LogP contribution is 2.29. The van der Waals surface area contributed by atoms with Gasteiger partial charge in [0, 0.05) is 12.4 Å². The van der Waals surface area contributed by atoms with Gasteiger partial charge in [-0.25, -0.2) is 0 Å². The molecule has 96 valence electrons. The standard InChI is InChI=1S/C12H15F3OS/c1-9(6-16)7-17-8-10-2-4-11(5-3-10)12(13,14)15/h2-5,9,16H,6-8H2,1H3. The summed E-state index contributed by atoms with van der Waals surface area (Å²) in [5.41, 5.74) is 0.253. The summed E-state index contributed by atoms with van der Waals surface area (Å²) in [4.78, 5) is 0. The molecule has 17 heavy (non-hydrogen) atoms. The molecule has 0 saturated carbocycles. The highest BCUT2D eigenvalue weighted by atomic mass is 32.2. The molecule has 1 unspecified atom stereocenters. The Kier molecular flexibility index (Phi) is 5.33. The third-order valence-electron chi connectivity index (χ3n) is 2.26. The molecule has 0 fully saturated rings. The Morgan fingerprint density at radius 2 is 1.82 bits per heavy atom. The van der Waals surface area contributed by atoms with Gasteiger partial charge in [0.15, 0.2) is 0 Å². The first-order valence-electron chi connectivity index (χ1n) is 5.28. The second-order valence-corrected chi connectivity index (χ2v) is 5.03. The number of rotatable bonds is 5. The van der Waals surface area contributed by atoms with E-state index in [-0.39, 0.29) is 12.5 Å². The summed E-state index contributed by atoms with van der Waals surface area (Å²) >= 11 is 1.61. The fourth-order valence-corrected chi connectivity index (χ4v) is 2.27. The predicted molar refractivity (Wildman–Crippen MR) is 63.9 cm³/mol. The summed E-state index contributed by atoms with van der Waals surface area (Å²) in [6.45, 7) is 2.07. The van der Waals surface area contributed by atoms with E-state index in [9.17, 15) is 13.2 Å². The van der Waals surface area contributed by atoms with Crippen molar-refractivity contribution in [3.63, 3.8) is 0 Å². The maximum absolute atomic E-state index is 12.3. The van der Waals surface area contributed by atoms with Gasteiger partial charge in [-0.1, -0.05) is 19.1 Å². The van der Waals surface area contributed by atoms with Crippen molar-refractivity contribution < 1.29 is 18.3 Å². The van der Waals surface area contributed by atoms with Crippen molar-refractivity contribution in [3.8, 4) is 0 Å². The van der Waals surface area contributed by atoms with Crippen molar-refractivity contribution in [1.82, 2.24) is 0 Å². The lowest BCUT2D eigenvalue weighted by molar-refractivity contribution is -0.137. The second-order valence-electron chi connectivity index (χ2n) is 4.00. The van der Waals surface area contributed by atoms with E-state index >= 15 is 0 Å². The lowest BCUT2D eigenvalue weighted by Gasteiger charge is -2.09. The number of alkyl halides is 3. The Balaban J connectivity index is 2.46. The van der Waals surface area contributed by atoms with Gasteiger partial charge in [-0.3, -0.25) is 0 Å². The number of hydrogen-bond acceptors (Lipinski definition) is 2. The molecule has 0 heterocycles. The van der Waals surface area contributed by atoms with Crippen LogP contribution in [0, 0.1) is 5.92 Å². The fourth-order valence-electron chi connectivity index (χ4n) is 1.22. The largest absolute Gasteiger partial charge is 0.416 e. The van der Waals surface area contributed by atoms with Crippen molar-refractivity contribution in [3.05, 3.63) is 35.4 Å². The first kappa shape index (κ1) is 14.4. The summed E-state index contributed by atoms with van der Waals surface area (Å²) in [6, 6.07) is 5.20. The van der Waals surface area contributed by atoms with Crippen molar-refractivity contribution in [2.45, 2.75) is 18.9 Å². The lowest BCUT2D eigenvalue weighted by Crippen LogP contribution is -2.05. The molecule has 0 saturated heterocycles. The zero-order valence-corrected chi connectivity index (χ0v) is 10.3. The minimum atomic E-state index is -4.27. The van der Waals surface area contributed by atoms with Gasteiger partial charge in [0.05, 0.1) is 5.56 Å². The molecular weight excluding hydrogens is 249 g/mol. The zero-order chi connectivity index (χ0) is 12.9. The van der Waals surface area contributed by atoms with Crippen molar-refractivity contribution in [2.24, 2.45) is 5.92 Å². The van der Waals surface area contributed by atoms with E-state index in [0.717, 1.165) is 23.4 Å². The molecular formula is C12H15F3OS. The summed E-state index contributed by atoms with van der Waals surface area (Å²) in [5.74, 6) is 1.69. The van der Waals surface area contributed by atoms with Crippen molar-refractivity contribution >= 4 is 11.8 Å². The molecule has 0 aromatic heterocycles. The number of hydrogen-bond donors (Lipinski definition) is 1. The molecule has 1 aromatic carbocycles. The van der Waals surface area contributed by atoms with Crippen LogP contribution in [0.4, 0.5) is 13.2 Å². The Morgan fingerprint density at radius 1 is 1.24 bits per heavy atom. The van der Waals surface area contributed by atoms with Gasteiger partial charge < -0.3 is 5.11 Å². The van der Waals surface area contributed by atoms with E-state index in [1.165, 1.54) is 12.1 Å². The number of benzene rings is 1. The summed E-state index contributed by atoms with van der Waals surface area (Å²) in [7, 11) is 0. The van der Waals surface area contributed by atoms with E-state index in [2.05, 4.69) is 0 Å². The molecule has 0 aliphatic rings. The lowest BCUT2D eigenvalue weighted by atomic mass is 10.1. The van der Waals surface area contributed by atoms with Crippen LogP contribution in [0.15, 0.2) is 24.3 Å². The number of thioether (sulfide) groups is 1. The SMILES string of the molecule is CC(CO)CSCc1ccc(C(F)(F)F)cc1. The van der Waals surface area contributed by atoms with Crippen molar-refractivity contribution in [1.29, 1.82) is 0 Å². The smallest absolute Gasteiger partial charge is 0.396 e. The van der Waals surface area contributed by atoms with E-state index in [4.69, 9.17) is 5.11 Å². The Morgan fingerprint density at radius 3 is 2.29 bits per heavy atom. The average Bonchev–Trinajstić information content (AvgIpc) is 2.28. The van der Waals surface area contributed by atoms with E-state index in [1.807, 2.05) is 6.92 Å². The molecule has 0 amide bonds. The van der Waals surface area contributed by atoms with E-state index < -0.39 is 11.7 Å². The minimum Gasteiger partial charge on any atom is -0.396 e. The van der Waals surface area contributed by atoms with Gasteiger partial charge in [-0.15, -0.1) is 0 Å². The van der Waals surface area contributed by atoms with Gasteiger partial charge in [0.1, 0.15) is 0 Å². The monoisotopic (exact) mass is 264 g/mol.